The molecule has 290 valence electrons. The molecule has 3 heteroatoms. The van der Waals surface area contributed by atoms with E-state index in [0.29, 0.717) is 0 Å². The molecule has 0 radical (unpaired) electrons. The number of para-hydroxylation sites is 2. The molecular weight excluding hydrogens is 735 g/mol. The second-order valence-corrected chi connectivity index (χ2v) is 17.4. The molecule has 0 aliphatic carbocycles. The number of anilines is 6. The van der Waals surface area contributed by atoms with Crippen molar-refractivity contribution in [1.29, 1.82) is 0 Å². The smallest absolute Gasteiger partial charge is 0.252 e. The van der Waals surface area contributed by atoms with Gasteiger partial charge >= 0.3 is 0 Å². The summed E-state index contributed by atoms with van der Waals surface area (Å²) in [5, 5.41) is 0. The minimum atomic E-state index is -0.0950. The molecule has 0 saturated carbocycles. The van der Waals surface area contributed by atoms with E-state index in [1.54, 1.807) is 0 Å². The predicted octanol–water partition coefficient (Wildman–Crippen LogP) is 13.7. The zero-order valence-electron chi connectivity index (χ0n) is 34.8. The maximum absolute atomic E-state index is 2.53. The summed E-state index contributed by atoms with van der Waals surface area (Å²) in [5.74, 6) is 0. The third kappa shape index (κ3) is 6.45. The van der Waals surface area contributed by atoms with E-state index in [9.17, 15) is 0 Å². The third-order valence-corrected chi connectivity index (χ3v) is 12.6. The maximum atomic E-state index is 2.53. The minimum absolute atomic E-state index is 0.0142. The number of nitrogens with zero attached hydrogens (tertiary/aromatic N) is 2. The molecule has 0 spiro atoms. The van der Waals surface area contributed by atoms with Crippen molar-refractivity contribution in [3.8, 4) is 44.5 Å². The van der Waals surface area contributed by atoms with E-state index in [-0.39, 0.29) is 12.1 Å². The summed E-state index contributed by atoms with van der Waals surface area (Å²) in [6.45, 7) is 6.98. The van der Waals surface area contributed by atoms with E-state index in [0.717, 1.165) is 11.4 Å². The first kappa shape index (κ1) is 36.7. The molecule has 9 aromatic rings. The average Bonchev–Trinajstić information content (AvgIpc) is 3.32. The highest BCUT2D eigenvalue weighted by Crippen LogP contribution is 2.47. The van der Waals surface area contributed by atoms with Crippen LogP contribution in [0.4, 0.5) is 34.1 Å². The van der Waals surface area contributed by atoms with Crippen LogP contribution in [-0.4, -0.2) is 6.71 Å². The molecule has 11 rings (SSSR count). The van der Waals surface area contributed by atoms with E-state index in [2.05, 4.69) is 249 Å². The van der Waals surface area contributed by atoms with Crippen LogP contribution in [0, 0.1) is 0 Å². The van der Waals surface area contributed by atoms with Gasteiger partial charge in [-0.05, 0) is 139 Å². The Morgan fingerprint density at radius 3 is 1.21 bits per heavy atom. The molecule has 61 heavy (non-hydrogen) atoms. The molecule has 0 unspecified atom stereocenters. The van der Waals surface area contributed by atoms with Crippen molar-refractivity contribution in [2.75, 3.05) is 9.80 Å². The van der Waals surface area contributed by atoms with Gasteiger partial charge in [0.15, 0.2) is 0 Å². The van der Waals surface area contributed by atoms with Crippen molar-refractivity contribution in [2.45, 2.75) is 26.2 Å². The topological polar surface area (TPSA) is 6.48 Å². The Hall–Kier alpha value is -7.36. The fraction of sp³-hybridized carbons (Fsp3) is 0.0690. The van der Waals surface area contributed by atoms with Crippen molar-refractivity contribution < 1.29 is 0 Å². The molecule has 2 nitrogen and oxygen atoms in total. The summed E-state index contributed by atoms with van der Waals surface area (Å²) >= 11 is 0. The Labute approximate surface area is 360 Å². The average molecular weight is 781 g/mol. The normalized spacial score (nSPS) is 12.7. The standard InChI is InChI=1S/C58H45BN2/c1-58(2,3)48-38-55-57-56(39-48)61(50-27-17-8-18-28-50)54-37-44(40-19-9-4-10-20-40)29-31-51(54)59(57)52-36-43(30-32-53(52)60(55)49-25-15-7-16-26-49)47-34-45(41-21-11-5-12-22-41)33-46(35-47)42-23-13-6-14-24-42/h4-39H,1-3H3. The van der Waals surface area contributed by atoms with Crippen molar-refractivity contribution in [3.63, 3.8) is 0 Å². The van der Waals surface area contributed by atoms with Crippen LogP contribution in [0.25, 0.3) is 44.5 Å². The van der Waals surface area contributed by atoms with Gasteiger partial charge in [0.1, 0.15) is 0 Å². The molecule has 2 aliphatic rings. The first-order valence-electron chi connectivity index (χ1n) is 21.4. The summed E-state index contributed by atoms with van der Waals surface area (Å²) in [4.78, 5) is 5.05. The molecule has 0 aromatic heterocycles. The molecule has 0 N–H and O–H groups in total. The van der Waals surface area contributed by atoms with Gasteiger partial charge in [0.25, 0.3) is 6.71 Å². The summed E-state index contributed by atoms with van der Waals surface area (Å²) in [6.07, 6.45) is 0. The second kappa shape index (κ2) is 14.7. The summed E-state index contributed by atoms with van der Waals surface area (Å²) in [7, 11) is 0. The van der Waals surface area contributed by atoms with Crippen LogP contribution in [0.2, 0.25) is 0 Å². The van der Waals surface area contributed by atoms with E-state index in [1.165, 1.54) is 89.2 Å². The quantitative estimate of drug-likeness (QED) is 0.155. The Bertz CT molecular complexity index is 2990. The van der Waals surface area contributed by atoms with Crippen LogP contribution in [0.5, 0.6) is 0 Å². The van der Waals surface area contributed by atoms with Crippen LogP contribution >= 0.6 is 0 Å². The third-order valence-electron chi connectivity index (χ3n) is 12.6. The lowest BCUT2D eigenvalue weighted by Crippen LogP contribution is -2.61. The molecule has 9 aromatic carbocycles. The Kier molecular flexibility index (Phi) is 8.86. The summed E-state index contributed by atoms with van der Waals surface area (Å²) < 4.78 is 0. The minimum Gasteiger partial charge on any atom is -0.311 e. The molecule has 0 fully saturated rings. The molecule has 0 bridgehead atoms. The van der Waals surface area contributed by atoms with Gasteiger partial charge in [-0.3, -0.25) is 0 Å². The molecule has 2 aliphatic heterocycles. The van der Waals surface area contributed by atoms with E-state index < -0.39 is 0 Å². The largest absolute Gasteiger partial charge is 0.311 e. The summed E-state index contributed by atoms with van der Waals surface area (Å²) in [5.41, 5.74) is 22.0. The highest BCUT2D eigenvalue weighted by Gasteiger charge is 2.44. The Balaban J connectivity index is 1.21. The van der Waals surface area contributed by atoms with E-state index in [4.69, 9.17) is 0 Å². The highest BCUT2D eigenvalue weighted by molar-refractivity contribution is 7.00. The van der Waals surface area contributed by atoms with Crippen LogP contribution in [-0.2, 0) is 5.41 Å². The van der Waals surface area contributed by atoms with Gasteiger partial charge in [-0.1, -0.05) is 172 Å². The zero-order valence-corrected chi connectivity index (χ0v) is 34.8. The summed E-state index contributed by atoms with van der Waals surface area (Å²) in [6, 6.07) is 80.6. The Morgan fingerprint density at radius 2 is 0.721 bits per heavy atom. The molecular formula is C58H45BN2. The number of hydrogen-bond acceptors (Lipinski definition) is 2. The van der Waals surface area contributed by atoms with Crippen LogP contribution in [0.15, 0.2) is 218 Å². The van der Waals surface area contributed by atoms with Gasteiger partial charge in [-0.25, -0.2) is 0 Å². The zero-order chi connectivity index (χ0) is 41.1. The fourth-order valence-electron chi connectivity index (χ4n) is 9.52. The monoisotopic (exact) mass is 780 g/mol. The first-order valence-corrected chi connectivity index (χ1v) is 21.4. The van der Waals surface area contributed by atoms with Gasteiger partial charge in [0, 0.05) is 34.1 Å². The molecule has 0 atom stereocenters. The van der Waals surface area contributed by atoms with Crippen molar-refractivity contribution in [1.82, 2.24) is 0 Å². The Morgan fingerprint density at radius 1 is 0.311 bits per heavy atom. The number of hydrogen-bond donors (Lipinski definition) is 0. The maximum Gasteiger partial charge on any atom is 0.252 e. The lowest BCUT2D eigenvalue weighted by Gasteiger charge is -2.45. The number of rotatable bonds is 6. The van der Waals surface area contributed by atoms with Gasteiger partial charge in [0.2, 0.25) is 0 Å². The molecule has 2 heterocycles. The molecule has 0 amide bonds. The molecule has 0 saturated heterocycles. The highest BCUT2D eigenvalue weighted by atomic mass is 15.2. The number of benzene rings is 9. The van der Waals surface area contributed by atoms with E-state index >= 15 is 0 Å². The predicted molar refractivity (Wildman–Crippen MR) is 261 cm³/mol. The first-order chi connectivity index (χ1) is 29.9. The van der Waals surface area contributed by atoms with Gasteiger partial charge in [-0.15, -0.1) is 0 Å². The van der Waals surface area contributed by atoms with Crippen LogP contribution in [0.1, 0.15) is 26.3 Å². The van der Waals surface area contributed by atoms with Gasteiger partial charge in [0.05, 0.1) is 0 Å². The van der Waals surface area contributed by atoms with Gasteiger partial charge in [-0.2, -0.15) is 0 Å². The van der Waals surface area contributed by atoms with Crippen LogP contribution < -0.4 is 26.2 Å². The van der Waals surface area contributed by atoms with Crippen molar-refractivity contribution in [2.24, 2.45) is 0 Å². The van der Waals surface area contributed by atoms with E-state index in [1.807, 2.05) is 0 Å². The lowest BCUT2D eigenvalue weighted by molar-refractivity contribution is 0.590. The van der Waals surface area contributed by atoms with Crippen molar-refractivity contribution >= 4 is 57.2 Å². The van der Waals surface area contributed by atoms with Gasteiger partial charge < -0.3 is 9.80 Å². The number of fused-ring (bicyclic) bond motifs is 4. The lowest BCUT2D eigenvalue weighted by atomic mass is 9.33. The fourth-order valence-corrected chi connectivity index (χ4v) is 9.52. The van der Waals surface area contributed by atoms with Crippen LogP contribution in [0.3, 0.4) is 0 Å². The second-order valence-electron chi connectivity index (χ2n) is 17.4. The SMILES string of the molecule is CC(C)(C)c1cc2c3c(c1)N(c1ccccc1)c1cc(-c4ccccc4)ccc1B3c1cc(-c3cc(-c4ccccc4)cc(-c4ccccc4)c3)ccc1N2c1ccccc1. The van der Waals surface area contributed by atoms with Crippen molar-refractivity contribution in [3.05, 3.63) is 224 Å².